The van der Waals surface area contributed by atoms with Crippen LogP contribution in [0, 0.1) is 0 Å². The second-order valence-electron chi connectivity index (χ2n) is 7.87. The Morgan fingerprint density at radius 3 is 2.53 bits per heavy atom. The topological polar surface area (TPSA) is 74.5 Å². The Kier molecular flexibility index (Phi) is 6.56. The molecule has 4 rings (SSSR count). The van der Waals surface area contributed by atoms with Crippen LogP contribution in [-0.4, -0.2) is 58.6 Å². The fourth-order valence-electron chi connectivity index (χ4n) is 3.48. The molecule has 1 saturated heterocycles. The number of carbonyl (C=O) groups is 1. The summed E-state index contributed by atoms with van der Waals surface area (Å²) in [7, 11) is 0. The van der Waals surface area contributed by atoms with Gasteiger partial charge in [0.05, 0.1) is 18.0 Å². The minimum absolute atomic E-state index is 0.0261. The maximum atomic E-state index is 12.4. The molecule has 1 amide bonds. The summed E-state index contributed by atoms with van der Waals surface area (Å²) in [4.78, 5) is 22.4. The maximum absolute atomic E-state index is 12.4. The van der Waals surface area contributed by atoms with Gasteiger partial charge in [-0.25, -0.2) is 0 Å². The van der Waals surface area contributed by atoms with Crippen molar-refractivity contribution >= 4 is 22.9 Å². The number of hydrogen-bond acceptors (Lipinski definition) is 7. The lowest BCUT2D eigenvalue weighted by Gasteiger charge is -2.33. The number of hydrogen-bond donors (Lipinski definition) is 1. The molecule has 0 saturated carbocycles. The third-order valence-corrected chi connectivity index (χ3v) is 6.13. The van der Waals surface area contributed by atoms with E-state index in [9.17, 15) is 4.79 Å². The molecule has 30 heavy (non-hydrogen) atoms. The Balaban J connectivity index is 1.21. The third-order valence-electron chi connectivity index (χ3n) is 5.26. The first-order valence-corrected chi connectivity index (χ1v) is 11.2. The van der Waals surface area contributed by atoms with Crippen LogP contribution in [0.4, 0.5) is 5.69 Å². The summed E-state index contributed by atoms with van der Waals surface area (Å²) in [5.74, 6) is 1.80. The van der Waals surface area contributed by atoms with Crippen molar-refractivity contribution < 1.29 is 9.32 Å². The second-order valence-corrected chi connectivity index (χ2v) is 8.81. The number of benzene rings is 1. The van der Waals surface area contributed by atoms with E-state index in [2.05, 4.69) is 51.2 Å². The highest BCUT2D eigenvalue weighted by molar-refractivity contribution is 7.13. The molecule has 3 heterocycles. The van der Waals surface area contributed by atoms with Crippen LogP contribution in [-0.2, 0) is 11.3 Å². The van der Waals surface area contributed by atoms with Crippen LogP contribution in [0.25, 0.3) is 10.7 Å². The number of nitrogens with zero attached hydrogens (tertiary/aromatic N) is 4. The summed E-state index contributed by atoms with van der Waals surface area (Å²) in [6.45, 7) is 8.78. The summed E-state index contributed by atoms with van der Waals surface area (Å²) in [6.07, 6.45) is 0. The molecule has 0 aliphatic carbocycles. The third kappa shape index (κ3) is 5.33. The fraction of sp³-hybridized carbons (Fsp3) is 0.409. The largest absolute Gasteiger partial charge is 0.338 e. The van der Waals surface area contributed by atoms with E-state index in [1.54, 1.807) is 11.3 Å². The second kappa shape index (κ2) is 9.51. The van der Waals surface area contributed by atoms with E-state index in [-0.39, 0.29) is 5.91 Å². The average Bonchev–Trinajstić information content (AvgIpc) is 3.42. The number of amides is 1. The SMILES string of the molecule is CC(C)c1ccc(NC(=O)CN2CCN(Cc3nc(-c4cccs4)no3)CC2)cc1. The van der Waals surface area contributed by atoms with Crippen LogP contribution < -0.4 is 5.32 Å². The van der Waals surface area contributed by atoms with E-state index in [1.807, 2.05) is 29.6 Å². The monoisotopic (exact) mass is 425 g/mol. The van der Waals surface area contributed by atoms with Gasteiger partial charge in [0.15, 0.2) is 0 Å². The lowest BCUT2D eigenvalue weighted by Crippen LogP contribution is -2.48. The highest BCUT2D eigenvalue weighted by atomic mass is 32.1. The fourth-order valence-corrected chi connectivity index (χ4v) is 4.13. The molecule has 1 aliphatic heterocycles. The van der Waals surface area contributed by atoms with Crippen molar-refractivity contribution in [2.75, 3.05) is 38.0 Å². The standard InChI is InChI=1S/C22H27N5O2S/c1-16(2)17-5-7-18(8-6-17)23-20(28)14-26-9-11-27(12-10-26)15-21-24-22(25-29-21)19-4-3-13-30-19/h3-8,13,16H,9-12,14-15H2,1-2H3,(H,23,28). The quantitative estimate of drug-likeness (QED) is 0.622. The van der Waals surface area contributed by atoms with Crippen LogP contribution in [0.15, 0.2) is 46.3 Å². The van der Waals surface area contributed by atoms with E-state index in [4.69, 9.17) is 4.52 Å². The maximum Gasteiger partial charge on any atom is 0.241 e. The first kappa shape index (κ1) is 20.7. The average molecular weight is 426 g/mol. The molecule has 1 aromatic carbocycles. The number of aromatic nitrogens is 2. The van der Waals surface area contributed by atoms with Gasteiger partial charge in [-0.05, 0) is 35.1 Å². The summed E-state index contributed by atoms with van der Waals surface area (Å²) >= 11 is 1.60. The molecule has 3 aromatic rings. The highest BCUT2D eigenvalue weighted by Gasteiger charge is 2.21. The summed E-state index contributed by atoms with van der Waals surface area (Å²) in [5, 5.41) is 9.06. The van der Waals surface area contributed by atoms with Gasteiger partial charge >= 0.3 is 0 Å². The number of carbonyl (C=O) groups excluding carboxylic acids is 1. The van der Waals surface area contributed by atoms with E-state index >= 15 is 0 Å². The highest BCUT2D eigenvalue weighted by Crippen LogP contribution is 2.22. The van der Waals surface area contributed by atoms with E-state index in [1.165, 1.54) is 5.56 Å². The molecule has 0 unspecified atom stereocenters. The van der Waals surface area contributed by atoms with Crippen LogP contribution in [0.5, 0.6) is 0 Å². The summed E-state index contributed by atoms with van der Waals surface area (Å²) in [6, 6.07) is 12.1. The van der Waals surface area contributed by atoms with Gasteiger partial charge in [-0.1, -0.05) is 37.2 Å². The van der Waals surface area contributed by atoms with Crippen molar-refractivity contribution in [2.24, 2.45) is 0 Å². The molecule has 2 aromatic heterocycles. The summed E-state index contributed by atoms with van der Waals surface area (Å²) < 4.78 is 5.40. The Morgan fingerprint density at radius 1 is 1.13 bits per heavy atom. The van der Waals surface area contributed by atoms with Crippen molar-refractivity contribution in [1.29, 1.82) is 0 Å². The molecule has 0 bridgehead atoms. The first-order valence-electron chi connectivity index (χ1n) is 10.3. The number of piperazine rings is 1. The van der Waals surface area contributed by atoms with E-state index < -0.39 is 0 Å². The van der Waals surface area contributed by atoms with Crippen LogP contribution in [0.2, 0.25) is 0 Å². The van der Waals surface area contributed by atoms with Crippen molar-refractivity contribution in [1.82, 2.24) is 19.9 Å². The molecule has 0 atom stereocenters. The van der Waals surface area contributed by atoms with Gasteiger partial charge in [0, 0.05) is 31.9 Å². The molecule has 0 spiro atoms. The van der Waals surface area contributed by atoms with Crippen molar-refractivity contribution in [3.8, 4) is 10.7 Å². The Bertz CT molecular complexity index is 944. The number of thiophene rings is 1. The number of nitrogens with one attached hydrogen (secondary N) is 1. The van der Waals surface area contributed by atoms with Gasteiger partial charge < -0.3 is 9.84 Å². The lowest BCUT2D eigenvalue weighted by molar-refractivity contribution is -0.117. The zero-order valence-corrected chi connectivity index (χ0v) is 18.2. The molecule has 7 nitrogen and oxygen atoms in total. The predicted molar refractivity (Wildman–Crippen MR) is 118 cm³/mol. The molecule has 0 radical (unpaired) electrons. The van der Waals surface area contributed by atoms with Gasteiger partial charge in [0.1, 0.15) is 0 Å². The van der Waals surface area contributed by atoms with Crippen molar-refractivity contribution in [2.45, 2.75) is 26.3 Å². The minimum Gasteiger partial charge on any atom is -0.338 e. The van der Waals surface area contributed by atoms with Crippen LogP contribution in [0.1, 0.15) is 31.2 Å². The summed E-state index contributed by atoms with van der Waals surface area (Å²) in [5.41, 5.74) is 2.12. The Labute approximate surface area is 180 Å². The minimum atomic E-state index is 0.0261. The molecule has 1 N–H and O–H groups in total. The van der Waals surface area contributed by atoms with Gasteiger partial charge in [0.2, 0.25) is 17.6 Å². The van der Waals surface area contributed by atoms with Crippen LogP contribution in [0.3, 0.4) is 0 Å². The molecular weight excluding hydrogens is 398 g/mol. The van der Waals surface area contributed by atoms with Gasteiger partial charge in [-0.3, -0.25) is 14.6 Å². The Hall–Kier alpha value is -2.55. The molecular formula is C22H27N5O2S. The van der Waals surface area contributed by atoms with E-state index in [0.29, 0.717) is 30.7 Å². The van der Waals surface area contributed by atoms with Gasteiger partial charge in [0.25, 0.3) is 0 Å². The zero-order valence-electron chi connectivity index (χ0n) is 17.4. The predicted octanol–water partition coefficient (Wildman–Crippen LogP) is 3.68. The van der Waals surface area contributed by atoms with Crippen molar-refractivity contribution in [3.63, 3.8) is 0 Å². The lowest BCUT2D eigenvalue weighted by atomic mass is 10.0. The van der Waals surface area contributed by atoms with Gasteiger partial charge in [-0.15, -0.1) is 11.3 Å². The molecule has 8 heteroatoms. The van der Waals surface area contributed by atoms with E-state index in [0.717, 1.165) is 36.7 Å². The molecule has 158 valence electrons. The first-order chi connectivity index (χ1) is 14.6. The normalized spacial score (nSPS) is 15.6. The number of rotatable bonds is 7. The smallest absolute Gasteiger partial charge is 0.241 e. The van der Waals surface area contributed by atoms with Crippen LogP contribution >= 0.6 is 11.3 Å². The molecule has 1 fully saturated rings. The zero-order chi connectivity index (χ0) is 20.9. The van der Waals surface area contributed by atoms with Crippen molar-refractivity contribution in [3.05, 3.63) is 53.2 Å². The van der Waals surface area contributed by atoms with Gasteiger partial charge in [-0.2, -0.15) is 4.98 Å². The number of anilines is 1. The Morgan fingerprint density at radius 2 is 1.87 bits per heavy atom. The molecule has 1 aliphatic rings.